The number of benzene rings is 2. The Kier molecular flexibility index (Phi) is 5.95. The van der Waals surface area contributed by atoms with E-state index >= 15 is 0 Å². The molecule has 0 fully saturated rings. The van der Waals surface area contributed by atoms with Gasteiger partial charge in [-0.05, 0) is 24.3 Å². The first-order valence-corrected chi connectivity index (χ1v) is 8.73. The molecule has 0 saturated carbocycles. The molecule has 3 aromatic rings. The molecule has 1 atom stereocenters. The van der Waals surface area contributed by atoms with E-state index in [1.165, 1.54) is 12.3 Å². The fourth-order valence-corrected chi connectivity index (χ4v) is 2.90. The van der Waals surface area contributed by atoms with E-state index in [1.807, 2.05) is 0 Å². The fraction of sp³-hybridized carbons (Fsp3) is 0.167. The topological polar surface area (TPSA) is 97.5 Å². The maximum absolute atomic E-state index is 11.1. The standard InChI is InChI=1S/C18H15Cl2N3O4/c19-14-2-1-3-17(18(14)20)27-10-11(24)8-22-15-4-5-16(23(25)26)13-9-21-7-6-12(13)15/h1-7,9,11,22,24H,8,10H2. The van der Waals surface area contributed by atoms with Gasteiger partial charge >= 0.3 is 0 Å². The van der Waals surface area contributed by atoms with E-state index in [0.717, 1.165) is 0 Å². The van der Waals surface area contributed by atoms with Crippen LogP contribution >= 0.6 is 23.2 Å². The van der Waals surface area contributed by atoms with Crippen LogP contribution in [-0.4, -0.2) is 34.3 Å². The van der Waals surface area contributed by atoms with Gasteiger partial charge in [0.15, 0.2) is 0 Å². The molecule has 9 heteroatoms. The first kappa shape index (κ1) is 19.2. The zero-order valence-corrected chi connectivity index (χ0v) is 15.4. The van der Waals surface area contributed by atoms with E-state index in [-0.39, 0.29) is 23.9 Å². The number of halogens is 2. The summed E-state index contributed by atoms with van der Waals surface area (Å²) in [5.74, 6) is 0.384. The molecule has 1 aromatic heterocycles. The molecular weight excluding hydrogens is 393 g/mol. The highest BCUT2D eigenvalue weighted by atomic mass is 35.5. The number of hydrogen-bond acceptors (Lipinski definition) is 6. The summed E-state index contributed by atoms with van der Waals surface area (Å²) in [5, 5.41) is 26.1. The highest BCUT2D eigenvalue weighted by Crippen LogP contribution is 2.32. The van der Waals surface area contributed by atoms with Crippen LogP contribution in [0.25, 0.3) is 10.8 Å². The monoisotopic (exact) mass is 407 g/mol. The molecule has 1 unspecified atom stereocenters. The second-order valence-corrected chi connectivity index (χ2v) is 6.49. The number of anilines is 1. The van der Waals surface area contributed by atoms with Gasteiger partial charge in [0.2, 0.25) is 0 Å². The molecule has 7 nitrogen and oxygen atoms in total. The minimum absolute atomic E-state index is 0.000465. The number of nitro groups is 1. The van der Waals surface area contributed by atoms with Gasteiger partial charge in [-0.15, -0.1) is 0 Å². The molecule has 0 aliphatic rings. The van der Waals surface area contributed by atoms with Gasteiger partial charge in [-0.25, -0.2) is 0 Å². The van der Waals surface area contributed by atoms with Crippen molar-refractivity contribution in [2.45, 2.75) is 6.10 Å². The number of fused-ring (bicyclic) bond motifs is 1. The lowest BCUT2D eigenvalue weighted by atomic mass is 10.1. The van der Waals surface area contributed by atoms with Crippen LogP contribution in [0.2, 0.25) is 10.0 Å². The Morgan fingerprint density at radius 2 is 2.04 bits per heavy atom. The normalized spacial score (nSPS) is 12.0. The van der Waals surface area contributed by atoms with Crippen LogP contribution in [0.5, 0.6) is 5.75 Å². The van der Waals surface area contributed by atoms with Crippen LogP contribution in [0.3, 0.4) is 0 Å². The first-order chi connectivity index (χ1) is 13.0. The summed E-state index contributed by atoms with van der Waals surface area (Å²) < 4.78 is 5.50. The summed E-state index contributed by atoms with van der Waals surface area (Å²) in [6.45, 7) is 0.174. The molecule has 2 N–H and O–H groups in total. The lowest BCUT2D eigenvalue weighted by Crippen LogP contribution is -2.26. The van der Waals surface area contributed by atoms with Crippen molar-refractivity contribution in [1.82, 2.24) is 4.98 Å². The molecule has 0 radical (unpaired) electrons. The molecule has 140 valence electrons. The highest BCUT2D eigenvalue weighted by molar-refractivity contribution is 6.42. The molecule has 27 heavy (non-hydrogen) atoms. The number of ether oxygens (including phenoxy) is 1. The predicted octanol–water partition coefficient (Wildman–Crippen LogP) is 4.30. The number of nitro benzene ring substituents is 1. The van der Waals surface area contributed by atoms with E-state index < -0.39 is 11.0 Å². The van der Waals surface area contributed by atoms with Crippen LogP contribution in [0.1, 0.15) is 0 Å². The molecule has 3 rings (SSSR count). The smallest absolute Gasteiger partial charge is 0.278 e. The van der Waals surface area contributed by atoms with Crippen molar-refractivity contribution in [2.75, 3.05) is 18.5 Å². The van der Waals surface area contributed by atoms with Crippen molar-refractivity contribution in [3.63, 3.8) is 0 Å². The summed E-state index contributed by atoms with van der Waals surface area (Å²) in [6.07, 6.45) is 2.16. The third kappa shape index (κ3) is 4.39. The van der Waals surface area contributed by atoms with Crippen molar-refractivity contribution in [3.05, 3.63) is 69.0 Å². The lowest BCUT2D eigenvalue weighted by molar-refractivity contribution is -0.383. The van der Waals surface area contributed by atoms with Crippen LogP contribution in [0, 0.1) is 10.1 Å². The Morgan fingerprint density at radius 1 is 1.22 bits per heavy atom. The van der Waals surface area contributed by atoms with Gasteiger partial charge in [0.05, 0.1) is 15.3 Å². The minimum atomic E-state index is -0.841. The van der Waals surface area contributed by atoms with E-state index in [4.69, 9.17) is 27.9 Å². The second-order valence-electron chi connectivity index (χ2n) is 5.71. The summed E-state index contributed by atoms with van der Waals surface area (Å²) in [6, 6.07) is 9.68. The van der Waals surface area contributed by atoms with Gasteiger partial charge in [0, 0.05) is 36.1 Å². The number of aromatic nitrogens is 1. The van der Waals surface area contributed by atoms with Gasteiger partial charge < -0.3 is 15.2 Å². The van der Waals surface area contributed by atoms with E-state index in [1.54, 1.807) is 36.5 Å². The number of rotatable bonds is 7. The first-order valence-electron chi connectivity index (χ1n) is 7.97. The zero-order chi connectivity index (χ0) is 19.4. The number of pyridine rings is 1. The van der Waals surface area contributed by atoms with Gasteiger partial charge in [0.25, 0.3) is 5.69 Å². The summed E-state index contributed by atoms with van der Waals surface area (Å²) in [4.78, 5) is 14.6. The Morgan fingerprint density at radius 3 is 2.81 bits per heavy atom. The van der Waals surface area contributed by atoms with E-state index in [9.17, 15) is 15.2 Å². The molecule has 0 spiro atoms. The zero-order valence-electron chi connectivity index (χ0n) is 13.9. The molecule has 0 saturated heterocycles. The molecule has 2 aromatic carbocycles. The van der Waals surface area contributed by atoms with Crippen LogP contribution < -0.4 is 10.1 Å². The average molecular weight is 408 g/mol. The molecular formula is C18H15Cl2N3O4. The van der Waals surface area contributed by atoms with Gasteiger partial charge in [-0.3, -0.25) is 15.1 Å². The van der Waals surface area contributed by atoms with Gasteiger partial charge in [-0.1, -0.05) is 29.3 Å². The largest absolute Gasteiger partial charge is 0.489 e. The quantitative estimate of drug-likeness (QED) is 0.447. The maximum atomic E-state index is 11.1. The molecule has 0 aliphatic heterocycles. The van der Waals surface area contributed by atoms with Crippen LogP contribution in [-0.2, 0) is 0 Å². The average Bonchev–Trinajstić information content (AvgIpc) is 2.67. The van der Waals surface area contributed by atoms with Crippen molar-refractivity contribution in [3.8, 4) is 5.75 Å². The summed E-state index contributed by atoms with van der Waals surface area (Å²) in [5.41, 5.74) is 0.626. The number of nitrogens with one attached hydrogen (secondary N) is 1. The lowest BCUT2D eigenvalue weighted by Gasteiger charge is -2.16. The summed E-state index contributed by atoms with van der Waals surface area (Å²) >= 11 is 12.0. The highest BCUT2D eigenvalue weighted by Gasteiger charge is 2.15. The molecule has 1 heterocycles. The number of nitrogens with zero attached hydrogens (tertiary/aromatic N) is 2. The summed E-state index contributed by atoms with van der Waals surface area (Å²) in [7, 11) is 0. The van der Waals surface area contributed by atoms with E-state index in [2.05, 4.69) is 10.3 Å². The van der Waals surface area contributed by atoms with Crippen molar-refractivity contribution < 1.29 is 14.8 Å². The van der Waals surface area contributed by atoms with Gasteiger partial charge in [0.1, 0.15) is 23.5 Å². The Labute approximate surface area is 164 Å². The predicted molar refractivity (Wildman–Crippen MR) is 105 cm³/mol. The Balaban J connectivity index is 1.67. The maximum Gasteiger partial charge on any atom is 0.278 e. The molecule has 0 aliphatic carbocycles. The Hall–Kier alpha value is -2.61. The Bertz CT molecular complexity index is 984. The van der Waals surface area contributed by atoms with Crippen LogP contribution in [0.4, 0.5) is 11.4 Å². The third-order valence-corrected chi connectivity index (χ3v) is 4.67. The second kappa shape index (κ2) is 8.39. The fourth-order valence-electron chi connectivity index (χ4n) is 2.56. The minimum Gasteiger partial charge on any atom is -0.489 e. The molecule has 0 bridgehead atoms. The number of aliphatic hydroxyl groups is 1. The number of hydrogen-bond donors (Lipinski definition) is 2. The van der Waals surface area contributed by atoms with Crippen molar-refractivity contribution in [2.24, 2.45) is 0 Å². The van der Waals surface area contributed by atoms with Gasteiger partial charge in [-0.2, -0.15) is 0 Å². The molecule has 0 amide bonds. The van der Waals surface area contributed by atoms with Crippen molar-refractivity contribution >= 4 is 45.3 Å². The number of non-ortho nitro benzene ring substituents is 1. The SMILES string of the molecule is O=[N+]([O-])c1ccc(NCC(O)COc2cccc(Cl)c2Cl)c2ccncc12. The van der Waals surface area contributed by atoms with E-state index in [0.29, 0.717) is 27.2 Å². The van der Waals surface area contributed by atoms with Crippen LogP contribution in [0.15, 0.2) is 48.8 Å². The third-order valence-electron chi connectivity index (χ3n) is 3.87. The number of aliphatic hydroxyl groups excluding tert-OH is 1. The van der Waals surface area contributed by atoms with Crippen molar-refractivity contribution in [1.29, 1.82) is 0 Å².